The van der Waals surface area contributed by atoms with E-state index >= 15 is 0 Å². The third-order valence-corrected chi connectivity index (χ3v) is 2.34. The number of rotatable bonds is 7. The van der Waals surface area contributed by atoms with Gasteiger partial charge in [-0.3, -0.25) is 4.79 Å². The molecule has 0 aliphatic heterocycles. The van der Waals surface area contributed by atoms with Crippen LogP contribution in [0.1, 0.15) is 60.3 Å². The van der Waals surface area contributed by atoms with Crippen LogP contribution in [0.5, 0.6) is 0 Å². The van der Waals surface area contributed by atoms with Crippen molar-refractivity contribution in [3.63, 3.8) is 0 Å². The van der Waals surface area contributed by atoms with Crippen molar-refractivity contribution < 1.29 is 14.3 Å². The van der Waals surface area contributed by atoms with Gasteiger partial charge in [0.2, 0.25) is 0 Å². The summed E-state index contributed by atoms with van der Waals surface area (Å²) in [6, 6.07) is 0. The summed E-state index contributed by atoms with van der Waals surface area (Å²) in [7, 11) is 0. The van der Waals surface area contributed by atoms with Gasteiger partial charge in [0, 0.05) is 13.3 Å². The van der Waals surface area contributed by atoms with Crippen LogP contribution in [0.2, 0.25) is 0 Å². The van der Waals surface area contributed by atoms with Gasteiger partial charge >= 0.3 is 5.97 Å². The average Bonchev–Trinajstić information content (AvgIpc) is 2.23. The van der Waals surface area contributed by atoms with Gasteiger partial charge < -0.3 is 9.47 Å². The van der Waals surface area contributed by atoms with Crippen molar-refractivity contribution in [3.8, 4) is 0 Å². The van der Waals surface area contributed by atoms with Crippen LogP contribution in [0.15, 0.2) is 18.1 Å². The van der Waals surface area contributed by atoms with Crippen molar-refractivity contribution in [1.29, 1.82) is 0 Å². The van der Waals surface area contributed by atoms with Crippen LogP contribution in [0.3, 0.4) is 0 Å². The Labute approximate surface area is 111 Å². The lowest BCUT2D eigenvalue weighted by molar-refractivity contribution is -0.146. The molecular weight excluding hydrogens is 228 g/mol. The second-order valence-corrected chi connectivity index (χ2v) is 5.35. The molecule has 0 saturated carbocycles. The van der Waals surface area contributed by atoms with E-state index in [4.69, 9.17) is 9.47 Å². The van der Waals surface area contributed by atoms with E-state index in [1.54, 1.807) is 0 Å². The quantitative estimate of drug-likeness (QED) is 0.391. The highest BCUT2D eigenvalue weighted by Crippen LogP contribution is 2.18. The Balaban J connectivity index is 4.07. The first kappa shape index (κ1) is 16.8. The Bertz CT molecular complexity index is 306. The van der Waals surface area contributed by atoms with Gasteiger partial charge in [-0.1, -0.05) is 19.2 Å². The fourth-order valence-electron chi connectivity index (χ4n) is 1.62. The SMILES string of the molecule is C=C=C(CCC[C@H](CC)OC(C)=O)OC(C)(C)C. The Morgan fingerprint density at radius 3 is 2.39 bits per heavy atom. The van der Waals surface area contributed by atoms with E-state index in [0.717, 1.165) is 31.4 Å². The largest absolute Gasteiger partial charge is 0.484 e. The number of carbonyl (C=O) groups excluding carboxylic acids is 1. The fourth-order valence-corrected chi connectivity index (χ4v) is 1.62. The molecule has 0 heterocycles. The molecule has 0 fully saturated rings. The minimum absolute atomic E-state index is 0.00296. The van der Waals surface area contributed by atoms with Crippen LogP contribution in [-0.4, -0.2) is 17.7 Å². The summed E-state index contributed by atoms with van der Waals surface area (Å²) in [5, 5.41) is 0. The minimum atomic E-state index is -0.222. The average molecular weight is 254 g/mol. The van der Waals surface area contributed by atoms with Gasteiger partial charge in [0.1, 0.15) is 17.5 Å². The number of esters is 1. The summed E-state index contributed by atoms with van der Waals surface area (Å²) >= 11 is 0. The first-order valence-corrected chi connectivity index (χ1v) is 6.53. The number of carbonyl (C=O) groups is 1. The Hall–Kier alpha value is -1.21. The topological polar surface area (TPSA) is 35.5 Å². The van der Waals surface area contributed by atoms with Gasteiger partial charge in [0.25, 0.3) is 0 Å². The summed E-state index contributed by atoms with van der Waals surface area (Å²) in [6.45, 7) is 13.1. The summed E-state index contributed by atoms with van der Waals surface area (Å²) in [5.41, 5.74) is 2.61. The molecule has 3 nitrogen and oxygen atoms in total. The van der Waals surface area contributed by atoms with Gasteiger partial charge in [0.15, 0.2) is 0 Å². The van der Waals surface area contributed by atoms with Crippen molar-refractivity contribution in [2.75, 3.05) is 0 Å². The molecule has 18 heavy (non-hydrogen) atoms. The third kappa shape index (κ3) is 8.89. The summed E-state index contributed by atoms with van der Waals surface area (Å²) < 4.78 is 10.9. The van der Waals surface area contributed by atoms with Gasteiger partial charge in [-0.05, 0) is 40.0 Å². The van der Waals surface area contributed by atoms with Gasteiger partial charge in [-0.15, -0.1) is 0 Å². The van der Waals surface area contributed by atoms with Crippen LogP contribution in [0.4, 0.5) is 0 Å². The molecule has 0 aromatic heterocycles. The first-order valence-electron chi connectivity index (χ1n) is 6.53. The normalized spacial score (nSPS) is 12.5. The second kappa shape index (κ2) is 7.99. The fraction of sp³-hybridized carbons (Fsp3) is 0.733. The van der Waals surface area contributed by atoms with Crippen LogP contribution >= 0.6 is 0 Å². The van der Waals surface area contributed by atoms with Crippen LogP contribution in [0, 0.1) is 0 Å². The molecule has 0 N–H and O–H groups in total. The maximum absolute atomic E-state index is 10.9. The standard InChI is InChI=1S/C15H26O3/c1-7-13(17-12(3)16)10-9-11-14(8-2)18-15(4,5)6/h13H,2,7,9-11H2,1,3-6H3/t13-/m0/s1. The Kier molecular flexibility index (Phi) is 7.45. The number of ether oxygens (including phenoxy) is 2. The molecule has 3 heteroatoms. The van der Waals surface area contributed by atoms with Crippen molar-refractivity contribution in [2.24, 2.45) is 0 Å². The maximum Gasteiger partial charge on any atom is 0.302 e. The number of hydrogen-bond donors (Lipinski definition) is 0. The van der Waals surface area contributed by atoms with E-state index in [1.165, 1.54) is 6.92 Å². The predicted molar refractivity (Wildman–Crippen MR) is 73.2 cm³/mol. The zero-order valence-corrected chi connectivity index (χ0v) is 12.3. The molecule has 0 amide bonds. The molecule has 0 radical (unpaired) electrons. The molecule has 0 saturated heterocycles. The zero-order valence-electron chi connectivity index (χ0n) is 12.3. The summed E-state index contributed by atoms with van der Waals surface area (Å²) in [4.78, 5) is 10.9. The van der Waals surface area contributed by atoms with E-state index in [-0.39, 0.29) is 17.7 Å². The molecule has 0 spiro atoms. The molecule has 104 valence electrons. The van der Waals surface area contributed by atoms with Gasteiger partial charge in [0.05, 0.1) is 0 Å². The van der Waals surface area contributed by atoms with Gasteiger partial charge in [-0.25, -0.2) is 0 Å². The Morgan fingerprint density at radius 1 is 1.39 bits per heavy atom. The molecule has 0 aliphatic rings. The second-order valence-electron chi connectivity index (χ2n) is 5.35. The van der Waals surface area contributed by atoms with E-state index in [1.807, 2.05) is 27.7 Å². The molecule has 0 aromatic rings. The van der Waals surface area contributed by atoms with Crippen molar-refractivity contribution in [1.82, 2.24) is 0 Å². The summed E-state index contributed by atoms with van der Waals surface area (Å²) in [5.74, 6) is 0.562. The molecule has 0 aromatic carbocycles. The predicted octanol–water partition coefficient (Wildman–Crippen LogP) is 3.98. The summed E-state index contributed by atoms with van der Waals surface area (Å²) in [6.07, 6.45) is 3.36. The van der Waals surface area contributed by atoms with E-state index < -0.39 is 0 Å². The monoisotopic (exact) mass is 254 g/mol. The molecule has 0 unspecified atom stereocenters. The molecule has 0 aliphatic carbocycles. The minimum Gasteiger partial charge on any atom is -0.484 e. The lowest BCUT2D eigenvalue weighted by Crippen LogP contribution is -2.19. The van der Waals surface area contributed by atoms with E-state index in [9.17, 15) is 4.79 Å². The molecule has 1 atom stereocenters. The van der Waals surface area contributed by atoms with Crippen LogP contribution in [0.25, 0.3) is 0 Å². The smallest absolute Gasteiger partial charge is 0.302 e. The molecule has 0 rings (SSSR count). The number of hydrogen-bond acceptors (Lipinski definition) is 3. The van der Waals surface area contributed by atoms with E-state index in [0.29, 0.717) is 0 Å². The third-order valence-electron chi connectivity index (χ3n) is 2.34. The van der Waals surface area contributed by atoms with Gasteiger partial charge in [-0.2, -0.15) is 0 Å². The van der Waals surface area contributed by atoms with Crippen LogP contribution < -0.4 is 0 Å². The molecular formula is C15H26O3. The first-order chi connectivity index (χ1) is 8.28. The van der Waals surface area contributed by atoms with Crippen molar-refractivity contribution >= 4 is 5.97 Å². The highest BCUT2D eigenvalue weighted by atomic mass is 16.5. The van der Waals surface area contributed by atoms with Crippen molar-refractivity contribution in [3.05, 3.63) is 18.1 Å². The Morgan fingerprint density at radius 2 is 2.00 bits per heavy atom. The number of allylic oxidation sites excluding steroid dienone is 1. The zero-order chi connectivity index (χ0) is 14.2. The molecule has 0 bridgehead atoms. The lowest BCUT2D eigenvalue weighted by atomic mass is 10.1. The highest BCUT2D eigenvalue weighted by molar-refractivity contribution is 5.66. The van der Waals surface area contributed by atoms with E-state index in [2.05, 4.69) is 12.3 Å². The van der Waals surface area contributed by atoms with Crippen molar-refractivity contribution in [2.45, 2.75) is 72.0 Å². The lowest BCUT2D eigenvalue weighted by Gasteiger charge is -2.22. The highest BCUT2D eigenvalue weighted by Gasteiger charge is 2.14. The van der Waals surface area contributed by atoms with Crippen LogP contribution in [-0.2, 0) is 14.3 Å². The maximum atomic E-state index is 10.9.